The van der Waals surface area contributed by atoms with Crippen LogP contribution in [0.25, 0.3) is 0 Å². The smallest absolute Gasteiger partial charge is 0.122 e. The molecule has 1 N–H and O–H groups in total. The molecular weight excluding hydrogens is 238 g/mol. The normalized spacial score (nSPS) is 21.9. The maximum atomic E-state index is 5.55. The molecule has 0 saturated carbocycles. The van der Waals surface area contributed by atoms with Gasteiger partial charge in [0.25, 0.3) is 0 Å². The lowest BCUT2D eigenvalue weighted by Crippen LogP contribution is -2.62. The third-order valence-corrected chi connectivity index (χ3v) is 4.71. The fraction of sp³-hybridized carbons (Fsp3) is 0.625. The van der Waals surface area contributed by atoms with Crippen LogP contribution >= 0.6 is 0 Å². The van der Waals surface area contributed by atoms with E-state index in [1.807, 2.05) is 0 Å². The van der Waals surface area contributed by atoms with Gasteiger partial charge in [-0.3, -0.25) is 0 Å². The summed E-state index contributed by atoms with van der Waals surface area (Å²) in [6.07, 6.45) is 0. The topological polar surface area (TPSA) is 30.5 Å². The van der Waals surface area contributed by atoms with E-state index in [1.54, 1.807) is 7.11 Å². The predicted octanol–water partition coefficient (Wildman–Crippen LogP) is 2.31. The maximum Gasteiger partial charge on any atom is 0.122 e. The number of hydrogen-bond donors (Lipinski definition) is 1. The van der Waals surface area contributed by atoms with E-state index >= 15 is 0 Å². The third kappa shape index (κ3) is 1.96. The van der Waals surface area contributed by atoms with Gasteiger partial charge in [0.15, 0.2) is 0 Å². The van der Waals surface area contributed by atoms with Crippen molar-refractivity contribution in [2.75, 3.05) is 33.4 Å². The molecule has 3 nitrogen and oxygen atoms in total. The molecule has 0 aliphatic carbocycles. The Morgan fingerprint density at radius 3 is 2.47 bits per heavy atom. The highest BCUT2D eigenvalue weighted by Gasteiger charge is 2.49. The first-order valence-electron chi connectivity index (χ1n) is 7.14. The summed E-state index contributed by atoms with van der Waals surface area (Å²) in [5, 5.41) is 3.38. The summed E-state index contributed by atoms with van der Waals surface area (Å²) in [7, 11) is 1.75. The number of methoxy groups -OCH3 is 1. The Balaban J connectivity index is 1.97. The molecule has 0 atom stereocenters. The van der Waals surface area contributed by atoms with Crippen LogP contribution in [0.2, 0.25) is 0 Å². The first-order valence-corrected chi connectivity index (χ1v) is 7.14. The van der Waals surface area contributed by atoms with Crippen molar-refractivity contribution in [3.05, 3.63) is 29.3 Å². The molecule has 0 spiro atoms. The van der Waals surface area contributed by atoms with Gasteiger partial charge in [-0.2, -0.15) is 0 Å². The number of nitrogens with one attached hydrogen (secondary N) is 1. The van der Waals surface area contributed by atoms with E-state index in [2.05, 4.69) is 37.4 Å². The van der Waals surface area contributed by atoms with Gasteiger partial charge in [-0.25, -0.2) is 0 Å². The Kier molecular flexibility index (Phi) is 3.27. The van der Waals surface area contributed by atoms with Gasteiger partial charge in [0, 0.05) is 18.5 Å². The molecule has 0 amide bonds. The minimum Gasteiger partial charge on any atom is -0.496 e. The molecule has 0 unspecified atom stereocenters. The van der Waals surface area contributed by atoms with E-state index in [0.29, 0.717) is 5.92 Å². The van der Waals surface area contributed by atoms with Crippen molar-refractivity contribution in [1.82, 2.24) is 5.32 Å². The lowest BCUT2D eigenvalue weighted by atomic mass is 9.66. The molecule has 2 heterocycles. The number of benzene rings is 1. The Labute approximate surface area is 115 Å². The molecule has 19 heavy (non-hydrogen) atoms. The van der Waals surface area contributed by atoms with Crippen LogP contribution in [-0.2, 0) is 10.2 Å². The predicted molar refractivity (Wildman–Crippen MR) is 75.9 cm³/mol. The van der Waals surface area contributed by atoms with Crippen LogP contribution in [0.4, 0.5) is 0 Å². The minimum absolute atomic E-state index is 0.237. The summed E-state index contributed by atoms with van der Waals surface area (Å²) in [6, 6.07) is 6.69. The van der Waals surface area contributed by atoms with E-state index in [4.69, 9.17) is 9.47 Å². The standard InChI is InChI=1S/C16H23NO2/c1-11(2)14-6-12(4-5-15(14)18-3)16(9-19-10-16)13-7-17-8-13/h4-6,11,13,17H,7-10H2,1-3H3. The van der Waals surface area contributed by atoms with E-state index in [1.165, 1.54) is 11.1 Å². The molecule has 0 radical (unpaired) electrons. The van der Waals surface area contributed by atoms with E-state index in [9.17, 15) is 0 Å². The van der Waals surface area contributed by atoms with Gasteiger partial charge >= 0.3 is 0 Å². The van der Waals surface area contributed by atoms with Crippen molar-refractivity contribution in [2.45, 2.75) is 25.2 Å². The van der Waals surface area contributed by atoms with Crippen LogP contribution in [0.5, 0.6) is 5.75 Å². The average Bonchev–Trinajstić information content (AvgIpc) is 2.30. The Morgan fingerprint density at radius 1 is 1.32 bits per heavy atom. The van der Waals surface area contributed by atoms with Crippen molar-refractivity contribution >= 4 is 0 Å². The van der Waals surface area contributed by atoms with Crippen molar-refractivity contribution in [2.24, 2.45) is 5.92 Å². The van der Waals surface area contributed by atoms with Crippen molar-refractivity contribution in [1.29, 1.82) is 0 Å². The van der Waals surface area contributed by atoms with Crippen molar-refractivity contribution in [3.63, 3.8) is 0 Å². The number of rotatable bonds is 4. The highest BCUT2D eigenvalue weighted by atomic mass is 16.5. The van der Waals surface area contributed by atoms with Gasteiger partial charge in [-0.15, -0.1) is 0 Å². The highest BCUT2D eigenvalue weighted by Crippen LogP contribution is 2.43. The van der Waals surface area contributed by atoms with E-state index in [-0.39, 0.29) is 5.41 Å². The average molecular weight is 261 g/mol. The molecule has 1 aromatic rings. The van der Waals surface area contributed by atoms with Gasteiger partial charge in [-0.1, -0.05) is 26.0 Å². The molecule has 3 rings (SSSR count). The number of hydrogen-bond acceptors (Lipinski definition) is 3. The SMILES string of the molecule is COc1ccc(C2(C3CNC3)COC2)cc1C(C)C. The Hall–Kier alpha value is -1.06. The highest BCUT2D eigenvalue weighted by molar-refractivity contribution is 5.43. The third-order valence-electron chi connectivity index (χ3n) is 4.71. The fourth-order valence-corrected chi connectivity index (χ4v) is 3.13. The summed E-state index contributed by atoms with van der Waals surface area (Å²) in [4.78, 5) is 0. The Bertz CT molecular complexity index is 462. The minimum atomic E-state index is 0.237. The van der Waals surface area contributed by atoms with E-state index < -0.39 is 0 Å². The van der Waals surface area contributed by atoms with Gasteiger partial charge in [-0.05, 0) is 29.0 Å². The molecule has 2 fully saturated rings. The largest absolute Gasteiger partial charge is 0.496 e. The van der Waals surface area contributed by atoms with Crippen LogP contribution in [0.1, 0.15) is 30.9 Å². The second-order valence-corrected chi connectivity index (χ2v) is 6.12. The van der Waals surface area contributed by atoms with Crippen LogP contribution in [0, 0.1) is 5.92 Å². The quantitative estimate of drug-likeness (QED) is 0.902. The maximum absolute atomic E-state index is 5.55. The summed E-state index contributed by atoms with van der Waals surface area (Å²) in [6.45, 7) is 8.40. The Morgan fingerprint density at radius 2 is 2.05 bits per heavy atom. The monoisotopic (exact) mass is 261 g/mol. The molecule has 2 aliphatic heterocycles. The first-order chi connectivity index (χ1) is 9.17. The summed E-state index contributed by atoms with van der Waals surface area (Å²) >= 11 is 0. The summed E-state index contributed by atoms with van der Waals surface area (Å²) < 4.78 is 11.0. The van der Waals surface area contributed by atoms with Crippen LogP contribution in [0.15, 0.2) is 18.2 Å². The second-order valence-electron chi connectivity index (χ2n) is 6.12. The lowest BCUT2D eigenvalue weighted by molar-refractivity contribution is -0.101. The molecule has 2 saturated heterocycles. The molecule has 3 heteroatoms. The molecule has 2 aliphatic rings. The zero-order valence-corrected chi connectivity index (χ0v) is 12.0. The van der Waals surface area contributed by atoms with Gasteiger partial charge in [0.2, 0.25) is 0 Å². The summed E-state index contributed by atoms with van der Waals surface area (Å²) in [5.74, 6) is 2.20. The lowest BCUT2D eigenvalue weighted by Gasteiger charge is -2.51. The molecule has 0 aromatic heterocycles. The van der Waals surface area contributed by atoms with Gasteiger partial charge in [0.05, 0.1) is 20.3 Å². The van der Waals surface area contributed by atoms with Gasteiger partial charge in [0.1, 0.15) is 5.75 Å². The zero-order valence-electron chi connectivity index (χ0n) is 12.0. The molecule has 1 aromatic carbocycles. The van der Waals surface area contributed by atoms with E-state index in [0.717, 1.165) is 38.0 Å². The van der Waals surface area contributed by atoms with Crippen molar-refractivity contribution in [3.8, 4) is 5.75 Å². The summed E-state index contributed by atoms with van der Waals surface area (Å²) in [5.41, 5.74) is 2.97. The molecular formula is C16H23NO2. The second kappa shape index (κ2) is 4.80. The molecule has 104 valence electrons. The van der Waals surface area contributed by atoms with Crippen molar-refractivity contribution < 1.29 is 9.47 Å². The molecule has 0 bridgehead atoms. The first kappa shape index (κ1) is 12.9. The number of ether oxygens (including phenoxy) is 2. The van der Waals surface area contributed by atoms with Crippen LogP contribution in [-0.4, -0.2) is 33.4 Å². The zero-order chi connectivity index (χ0) is 13.5. The fourth-order valence-electron chi connectivity index (χ4n) is 3.13. The van der Waals surface area contributed by atoms with Crippen LogP contribution in [0.3, 0.4) is 0 Å². The van der Waals surface area contributed by atoms with Gasteiger partial charge < -0.3 is 14.8 Å². The van der Waals surface area contributed by atoms with Crippen LogP contribution < -0.4 is 10.1 Å².